The van der Waals surface area contributed by atoms with Gasteiger partial charge < -0.3 is 4.90 Å². The highest BCUT2D eigenvalue weighted by atomic mass is 32.2. The molecule has 0 saturated carbocycles. The summed E-state index contributed by atoms with van der Waals surface area (Å²) < 4.78 is 27.2. The molecule has 8 heteroatoms. The Labute approximate surface area is 175 Å². The van der Waals surface area contributed by atoms with Gasteiger partial charge in [0.2, 0.25) is 15.9 Å². The van der Waals surface area contributed by atoms with E-state index in [-0.39, 0.29) is 22.8 Å². The highest BCUT2D eigenvalue weighted by molar-refractivity contribution is 7.89. The SMILES string of the molecule is N#Cc1ccc(S(=O)(=O)N2CCC(C(=O)N3CCCC3c3cccs3)CC2)cc1. The summed E-state index contributed by atoms with van der Waals surface area (Å²) in [6, 6.07) is 12.3. The van der Waals surface area contributed by atoms with Gasteiger partial charge in [-0.15, -0.1) is 11.3 Å². The van der Waals surface area contributed by atoms with Crippen molar-refractivity contribution in [3.8, 4) is 6.07 Å². The summed E-state index contributed by atoms with van der Waals surface area (Å²) in [7, 11) is -3.60. The molecule has 152 valence electrons. The summed E-state index contributed by atoms with van der Waals surface area (Å²) in [5, 5.41) is 10.9. The Hall–Kier alpha value is -2.21. The lowest BCUT2D eigenvalue weighted by Gasteiger charge is -2.34. The van der Waals surface area contributed by atoms with Gasteiger partial charge in [0.05, 0.1) is 22.6 Å². The predicted molar refractivity (Wildman–Crippen MR) is 111 cm³/mol. The molecule has 4 rings (SSSR count). The first-order valence-corrected chi connectivity index (χ1v) is 12.2. The first kappa shape index (κ1) is 20.1. The fourth-order valence-electron chi connectivity index (χ4n) is 4.24. The second-order valence-electron chi connectivity index (χ2n) is 7.52. The third-order valence-corrected chi connectivity index (χ3v) is 8.72. The number of sulfonamides is 1. The molecule has 29 heavy (non-hydrogen) atoms. The van der Waals surface area contributed by atoms with Crippen LogP contribution in [0.1, 0.15) is 42.2 Å². The van der Waals surface area contributed by atoms with Crippen LogP contribution in [-0.4, -0.2) is 43.2 Å². The lowest BCUT2D eigenvalue weighted by Crippen LogP contribution is -2.44. The number of rotatable bonds is 4. The molecule has 0 radical (unpaired) electrons. The van der Waals surface area contributed by atoms with Gasteiger partial charge in [0.15, 0.2) is 0 Å². The molecule has 2 aliphatic heterocycles. The fourth-order valence-corrected chi connectivity index (χ4v) is 6.58. The number of nitriles is 1. The number of carbonyl (C=O) groups excluding carboxylic acids is 1. The van der Waals surface area contributed by atoms with Crippen molar-refractivity contribution in [2.45, 2.75) is 36.6 Å². The van der Waals surface area contributed by atoms with Crippen LogP contribution in [0.25, 0.3) is 0 Å². The van der Waals surface area contributed by atoms with Gasteiger partial charge >= 0.3 is 0 Å². The van der Waals surface area contributed by atoms with Crippen LogP contribution in [0.4, 0.5) is 0 Å². The number of hydrogen-bond acceptors (Lipinski definition) is 5. The third-order valence-electron chi connectivity index (χ3n) is 5.83. The zero-order valence-electron chi connectivity index (χ0n) is 16.0. The molecule has 2 aromatic rings. The maximum Gasteiger partial charge on any atom is 0.243 e. The number of amides is 1. The molecule has 0 bridgehead atoms. The van der Waals surface area contributed by atoms with Crippen molar-refractivity contribution in [2.75, 3.05) is 19.6 Å². The van der Waals surface area contributed by atoms with E-state index in [2.05, 4.69) is 6.07 Å². The smallest absolute Gasteiger partial charge is 0.243 e. The lowest BCUT2D eigenvalue weighted by molar-refractivity contribution is -0.137. The van der Waals surface area contributed by atoms with Crippen LogP contribution < -0.4 is 0 Å². The highest BCUT2D eigenvalue weighted by Gasteiger charge is 2.37. The average molecular weight is 430 g/mol. The average Bonchev–Trinajstić information content (AvgIpc) is 3.45. The quantitative estimate of drug-likeness (QED) is 0.746. The number of carbonyl (C=O) groups is 1. The van der Waals surface area contributed by atoms with Crippen LogP contribution in [0.3, 0.4) is 0 Å². The number of hydrogen-bond donors (Lipinski definition) is 0. The first-order chi connectivity index (χ1) is 14.0. The monoisotopic (exact) mass is 429 g/mol. The maximum atomic E-state index is 13.1. The van der Waals surface area contributed by atoms with E-state index in [9.17, 15) is 13.2 Å². The minimum absolute atomic E-state index is 0.122. The van der Waals surface area contributed by atoms with E-state index in [1.807, 2.05) is 22.4 Å². The summed E-state index contributed by atoms with van der Waals surface area (Å²) in [5.74, 6) is 0.0410. The zero-order valence-corrected chi connectivity index (χ0v) is 17.7. The van der Waals surface area contributed by atoms with Gasteiger partial charge in [-0.3, -0.25) is 4.79 Å². The van der Waals surface area contributed by atoms with Crippen LogP contribution in [0, 0.1) is 17.2 Å². The van der Waals surface area contributed by atoms with E-state index in [1.165, 1.54) is 33.4 Å². The van der Waals surface area contributed by atoms with Crippen LogP contribution in [0.5, 0.6) is 0 Å². The summed E-state index contributed by atoms with van der Waals surface area (Å²) in [6.07, 6.45) is 3.10. The van der Waals surface area contributed by atoms with E-state index >= 15 is 0 Å². The minimum atomic E-state index is -3.60. The number of likely N-dealkylation sites (tertiary alicyclic amines) is 1. The van der Waals surface area contributed by atoms with Gasteiger partial charge in [-0.2, -0.15) is 9.57 Å². The summed E-state index contributed by atoms with van der Waals surface area (Å²) in [4.78, 5) is 16.6. The summed E-state index contributed by atoms with van der Waals surface area (Å²) in [5.41, 5.74) is 0.430. The Balaban J connectivity index is 1.41. The van der Waals surface area contributed by atoms with Crippen molar-refractivity contribution in [3.63, 3.8) is 0 Å². The van der Waals surface area contributed by atoms with Gasteiger partial charge in [-0.25, -0.2) is 8.42 Å². The molecule has 1 aromatic heterocycles. The van der Waals surface area contributed by atoms with Crippen LogP contribution >= 0.6 is 11.3 Å². The second-order valence-corrected chi connectivity index (χ2v) is 10.4. The Bertz CT molecular complexity index is 1000. The molecular weight excluding hydrogens is 406 g/mol. The molecule has 0 aliphatic carbocycles. The zero-order chi connectivity index (χ0) is 20.4. The van der Waals surface area contributed by atoms with E-state index in [4.69, 9.17) is 5.26 Å². The van der Waals surface area contributed by atoms with Crippen LogP contribution in [-0.2, 0) is 14.8 Å². The Morgan fingerprint density at radius 1 is 1.07 bits per heavy atom. The summed E-state index contributed by atoms with van der Waals surface area (Å²) in [6.45, 7) is 1.47. The molecule has 1 aromatic carbocycles. The molecule has 3 heterocycles. The Morgan fingerprint density at radius 2 is 1.79 bits per heavy atom. The maximum absolute atomic E-state index is 13.1. The van der Waals surface area contributed by atoms with Gasteiger partial charge in [0.25, 0.3) is 0 Å². The van der Waals surface area contributed by atoms with Crippen LogP contribution in [0.2, 0.25) is 0 Å². The molecule has 0 spiro atoms. The van der Waals surface area contributed by atoms with Crippen molar-refractivity contribution in [1.29, 1.82) is 5.26 Å². The Kier molecular flexibility index (Phi) is 5.72. The normalized spacial score (nSPS) is 21.2. The van der Waals surface area contributed by atoms with Crippen molar-refractivity contribution in [3.05, 3.63) is 52.2 Å². The van der Waals surface area contributed by atoms with E-state index in [1.54, 1.807) is 11.3 Å². The summed E-state index contributed by atoms with van der Waals surface area (Å²) >= 11 is 1.69. The number of piperidine rings is 1. The van der Waals surface area contributed by atoms with Gasteiger partial charge in [0.1, 0.15) is 0 Å². The number of benzene rings is 1. The molecule has 6 nitrogen and oxygen atoms in total. The minimum Gasteiger partial charge on any atom is -0.335 e. The fraction of sp³-hybridized carbons (Fsp3) is 0.429. The Morgan fingerprint density at radius 3 is 2.41 bits per heavy atom. The van der Waals surface area contributed by atoms with Crippen molar-refractivity contribution in [1.82, 2.24) is 9.21 Å². The van der Waals surface area contributed by atoms with E-state index in [0.717, 1.165) is 19.4 Å². The number of nitrogens with zero attached hydrogens (tertiary/aromatic N) is 3. The third kappa shape index (κ3) is 3.95. The molecule has 2 fully saturated rings. The molecular formula is C21H23N3O3S2. The lowest BCUT2D eigenvalue weighted by atomic mass is 9.96. The van der Waals surface area contributed by atoms with Gasteiger partial charge in [-0.05, 0) is 61.4 Å². The predicted octanol–water partition coefficient (Wildman–Crippen LogP) is 3.38. The second kappa shape index (κ2) is 8.27. The molecule has 2 aliphatic rings. The van der Waals surface area contributed by atoms with Gasteiger partial charge in [0, 0.05) is 30.4 Å². The molecule has 2 saturated heterocycles. The number of thiophene rings is 1. The molecule has 1 amide bonds. The topological polar surface area (TPSA) is 81.5 Å². The van der Waals surface area contributed by atoms with E-state index < -0.39 is 10.0 Å². The van der Waals surface area contributed by atoms with Crippen molar-refractivity contribution >= 4 is 27.3 Å². The largest absolute Gasteiger partial charge is 0.335 e. The van der Waals surface area contributed by atoms with Crippen molar-refractivity contribution in [2.24, 2.45) is 5.92 Å². The van der Waals surface area contributed by atoms with Crippen LogP contribution in [0.15, 0.2) is 46.7 Å². The molecule has 1 unspecified atom stereocenters. The van der Waals surface area contributed by atoms with E-state index in [0.29, 0.717) is 31.5 Å². The first-order valence-electron chi connectivity index (χ1n) is 9.85. The standard InChI is InChI=1S/C21H23N3O3S2/c22-15-16-5-7-18(8-6-16)29(26,27)23-12-9-17(10-13-23)21(25)24-11-1-3-19(24)20-4-2-14-28-20/h2,4-8,14,17,19H,1,3,9-13H2. The molecule has 0 N–H and O–H groups in total. The van der Waals surface area contributed by atoms with Crippen molar-refractivity contribution < 1.29 is 13.2 Å². The highest BCUT2D eigenvalue weighted by Crippen LogP contribution is 2.37. The molecule has 1 atom stereocenters. The van der Waals surface area contributed by atoms with Gasteiger partial charge in [-0.1, -0.05) is 6.07 Å².